The molecule has 132 valence electrons. The standard InChI is InChI=1S/C13H24N2.C7H6O2/c1-11(2)6-8-13(5)9-7-12(3,4)15-10(13)14-11;8-7(9)6-4-2-1-3-5-6/h6-9H2,1-5H3,(H,14,15);1-5H,(H,8,9). The fourth-order valence-electron chi connectivity index (χ4n) is 3.26. The Balaban J connectivity index is 0.000000198. The van der Waals surface area contributed by atoms with E-state index in [0.29, 0.717) is 5.41 Å². The molecule has 0 aliphatic carbocycles. The molecular weight excluding hydrogens is 300 g/mol. The zero-order valence-electron chi connectivity index (χ0n) is 15.5. The summed E-state index contributed by atoms with van der Waals surface area (Å²) in [5, 5.41) is 13.8. The minimum atomic E-state index is -1.13. The Kier molecular flexibility index (Phi) is 5.07. The zero-order chi connectivity index (χ0) is 18.0. The van der Waals surface area contributed by atoms with Crippen molar-refractivity contribution >= 4 is 11.8 Å². The van der Waals surface area contributed by atoms with Crippen LogP contribution in [0, 0.1) is 5.41 Å². The predicted molar refractivity (Wildman–Crippen MR) is 94.6 cm³/mol. The van der Waals surface area contributed by atoms with Gasteiger partial charge in [-0.15, -0.1) is 0 Å². The first-order valence-electron chi connectivity index (χ1n) is 8.73. The number of carbonyl (C=O) groups excluding carboxylic acids is 1. The number of hydrogen-bond donors (Lipinski definition) is 2. The molecule has 24 heavy (non-hydrogen) atoms. The number of carbonyl (C=O) groups is 1. The molecule has 0 bridgehead atoms. The summed E-state index contributed by atoms with van der Waals surface area (Å²) in [4.78, 5) is 13.8. The highest BCUT2D eigenvalue weighted by Gasteiger charge is 2.48. The molecule has 0 radical (unpaired) electrons. The Morgan fingerprint density at radius 2 is 1.58 bits per heavy atom. The third kappa shape index (κ3) is 4.59. The molecule has 1 aromatic rings. The Morgan fingerprint density at radius 3 is 2.12 bits per heavy atom. The van der Waals surface area contributed by atoms with Crippen molar-refractivity contribution in [3.8, 4) is 0 Å². The molecule has 0 spiro atoms. The van der Waals surface area contributed by atoms with Crippen molar-refractivity contribution in [3.05, 3.63) is 35.9 Å². The number of aromatic carboxylic acids is 1. The molecule has 1 aromatic carbocycles. The van der Waals surface area contributed by atoms with Crippen LogP contribution in [0.25, 0.3) is 0 Å². The van der Waals surface area contributed by atoms with E-state index in [9.17, 15) is 9.90 Å². The van der Waals surface area contributed by atoms with Crippen LogP contribution in [-0.4, -0.2) is 22.9 Å². The normalized spacial score (nSPS) is 26.8. The molecule has 2 heterocycles. The number of carboxylic acids is 1. The van der Waals surface area contributed by atoms with Gasteiger partial charge in [0.1, 0.15) is 0 Å². The Hall–Kier alpha value is -1.84. The molecule has 0 amide bonds. The summed E-state index contributed by atoms with van der Waals surface area (Å²) in [5.41, 5.74) is 1.12. The molecule has 1 unspecified atom stereocenters. The lowest BCUT2D eigenvalue weighted by atomic mass is 9.69. The number of amidine groups is 1. The van der Waals surface area contributed by atoms with Gasteiger partial charge in [0, 0.05) is 0 Å². The molecule has 4 nitrogen and oxygen atoms in total. The second-order valence-electron chi connectivity index (χ2n) is 8.61. The molecule has 2 aliphatic rings. The maximum atomic E-state index is 10.1. The van der Waals surface area contributed by atoms with Gasteiger partial charge in [-0.3, -0.25) is 10.3 Å². The molecule has 1 fully saturated rings. The van der Waals surface area contributed by atoms with Crippen LogP contribution in [0.3, 0.4) is 0 Å². The first kappa shape index (κ1) is 18.5. The van der Waals surface area contributed by atoms with Gasteiger partial charge in [-0.25, -0.2) is 0 Å². The van der Waals surface area contributed by atoms with E-state index in [-0.39, 0.29) is 16.6 Å². The van der Waals surface area contributed by atoms with Crippen molar-refractivity contribution in [2.45, 2.75) is 71.4 Å². The molecule has 0 aromatic heterocycles. The fourth-order valence-corrected chi connectivity index (χ4v) is 3.26. The average molecular weight is 330 g/mol. The quantitative estimate of drug-likeness (QED) is 0.815. The summed E-state index contributed by atoms with van der Waals surface area (Å²) in [6.45, 7) is 11.6. The molecular formula is C20H30N2O2. The van der Waals surface area contributed by atoms with Gasteiger partial charge in [0.15, 0.2) is 0 Å². The van der Waals surface area contributed by atoms with Gasteiger partial charge >= 0.3 is 0 Å². The van der Waals surface area contributed by atoms with E-state index in [1.54, 1.807) is 18.2 Å². The summed E-state index contributed by atoms with van der Waals surface area (Å²) in [5.74, 6) is 0.255. The topological polar surface area (TPSA) is 66.1 Å². The number of carboxylic acid groups (broad SMARTS) is 1. The van der Waals surface area contributed by atoms with E-state index >= 15 is 0 Å². The third-order valence-electron chi connectivity index (χ3n) is 5.14. The van der Waals surface area contributed by atoms with Crippen LogP contribution in [0.15, 0.2) is 30.3 Å². The van der Waals surface area contributed by atoms with Crippen LogP contribution < -0.4 is 15.4 Å². The van der Waals surface area contributed by atoms with E-state index in [1.165, 1.54) is 43.7 Å². The van der Waals surface area contributed by atoms with Crippen LogP contribution in [-0.2, 0) is 0 Å². The summed E-state index contributed by atoms with van der Waals surface area (Å²) in [6.07, 6.45) is 5.17. The maximum absolute atomic E-state index is 10.1. The molecule has 4 heteroatoms. The Bertz CT molecular complexity index is 620. The van der Waals surface area contributed by atoms with Crippen LogP contribution >= 0.6 is 0 Å². The van der Waals surface area contributed by atoms with E-state index < -0.39 is 5.97 Å². The van der Waals surface area contributed by atoms with Crippen molar-refractivity contribution < 1.29 is 14.9 Å². The number of piperidine rings is 1. The molecule has 1 atom stereocenters. The number of fused-ring (bicyclic) bond motifs is 1. The van der Waals surface area contributed by atoms with Crippen LogP contribution in [0.1, 0.15) is 70.7 Å². The van der Waals surface area contributed by atoms with Gasteiger partial charge in [-0.1, -0.05) is 30.3 Å². The van der Waals surface area contributed by atoms with Crippen molar-refractivity contribution in [1.82, 2.24) is 5.32 Å². The second kappa shape index (κ2) is 6.58. The van der Waals surface area contributed by atoms with Crippen molar-refractivity contribution in [2.24, 2.45) is 5.41 Å². The highest BCUT2D eigenvalue weighted by Crippen LogP contribution is 2.38. The third-order valence-corrected chi connectivity index (χ3v) is 5.14. The van der Waals surface area contributed by atoms with Gasteiger partial charge in [-0.2, -0.15) is 0 Å². The van der Waals surface area contributed by atoms with Crippen LogP contribution in [0.4, 0.5) is 0 Å². The van der Waals surface area contributed by atoms with E-state index in [2.05, 4.69) is 44.9 Å². The van der Waals surface area contributed by atoms with E-state index in [0.717, 1.165) is 0 Å². The summed E-state index contributed by atoms with van der Waals surface area (Å²) < 4.78 is 0. The highest BCUT2D eigenvalue weighted by molar-refractivity contribution is 5.85. The summed E-state index contributed by atoms with van der Waals surface area (Å²) in [7, 11) is 0. The predicted octanol–water partition coefficient (Wildman–Crippen LogP) is 1.26. The summed E-state index contributed by atoms with van der Waals surface area (Å²) in [6, 6.07) is 8.06. The lowest BCUT2D eigenvalue weighted by Gasteiger charge is -2.43. The second-order valence-corrected chi connectivity index (χ2v) is 8.61. The van der Waals surface area contributed by atoms with Gasteiger partial charge < -0.3 is 9.90 Å². The Morgan fingerprint density at radius 1 is 1.00 bits per heavy atom. The van der Waals surface area contributed by atoms with Gasteiger partial charge in [0.25, 0.3) is 0 Å². The number of nitrogens with one attached hydrogen (secondary N) is 2. The van der Waals surface area contributed by atoms with Gasteiger partial charge in [0.2, 0.25) is 5.84 Å². The first-order valence-corrected chi connectivity index (χ1v) is 8.73. The lowest BCUT2D eigenvalue weighted by Crippen LogP contribution is -2.92. The largest absolute Gasteiger partial charge is 0.545 e. The maximum Gasteiger partial charge on any atom is 0.249 e. The molecule has 0 saturated carbocycles. The molecule has 1 saturated heterocycles. The monoisotopic (exact) mass is 330 g/mol. The number of hydrogen-bond acceptors (Lipinski definition) is 3. The van der Waals surface area contributed by atoms with Crippen molar-refractivity contribution in [3.63, 3.8) is 0 Å². The molecule has 2 N–H and O–H groups in total. The minimum absolute atomic E-state index is 0.220. The van der Waals surface area contributed by atoms with Crippen molar-refractivity contribution in [1.29, 1.82) is 0 Å². The number of rotatable bonds is 1. The zero-order valence-corrected chi connectivity index (χ0v) is 15.5. The average Bonchev–Trinajstić information content (AvgIpc) is 2.50. The number of benzene rings is 1. The van der Waals surface area contributed by atoms with Crippen molar-refractivity contribution in [2.75, 3.05) is 0 Å². The molecule has 3 rings (SSSR count). The van der Waals surface area contributed by atoms with E-state index in [4.69, 9.17) is 0 Å². The van der Waals surface area contributed by atoms with Gasteiger partial charge in [-0.05, 0) is 65.9 Å². The fraction of sp³-hybridized carbons (Fsp3) is 0.600. The molecule has 2 aliphatic heterocycles. The first-order chi connectivity index (χ1) is 11.0. The summed E-state index contributed by atoms with van der Waals surface area (Å²) >= 11 is 0. The van der Waals surface area contributed by atoms with Crippen LogP contribution in [0.2, 0.25) is 0 Å². The minimum Gasteiger partial charge on any atom is -0.545 e. The smallest absolute Gasteiger partial charge is 0.249 e. The SMILES string of the molecule is CC1(C)CCC2(C)CCC(C)(C)[NH+]=C2N1.O=C([O-])c1ccccc1. The van der Waals surface area contributed by atoms with E-state index in [1.807, 2.05) is 0 Å². The Labute approximate surface area is 145 Å². The lowest BCUT2D eigenvalue weighted by molar-refractivity contribution is -0.559. The van der Waals surface area contributed by atoms with Crippen LogP contribution in [0.5, 0.6) is 0 Å². The van der Waals surface area contributed by atoms with Gasteiger partial charge in [0.05, 0.1) is 22.5 Å². The highest BCUT2D eigenvalue weighted by atomic mass is 16.4.